The number of amides is 3. The zero-order valence-electron chi connectivity index (χ0n) is 30.3. The fourth-order valence-electron chi connectivity index (χ4n) is 6.00. The predicted octanol–water partition coefficient (Wildman–Crippen LogP) is 9.10. The van der Waals surface area contributed by atoms with E-state index in [-0.39, 0.29) is 56.8 Å². The largest absolute Gasteiger partial charge is 0.505 e. The topological polar surface area (TPSA) is 126 Å². The monoisotopic (exact) mass is 691 g/mol. The number of phenols is 1. The van der Waals surface area contributed by atoms with Crippen molar-refractivity contribution in [3.8, 4) is 17.2 Å². The van der Waals surface area contributed by atoms with E-state index in [2.05, 4.69) is 69.6 Å². The maximum atomic E-state index is 13.7. The van der Waals surface area contributed by atoms with Crippen LogP contribution in [0.1, 0.15) is 115 Å². The van der Waals surface area contributed by atoms with Gasteiger partial charge in [0.05, 0.1) is 29.2 Å². The van der Waals surface area contributed by atoms with Crippen LogP contribution in [-0.2, 0) is 25.8 Å². The molecule has 0 saturated heterocycles. The lowest BCUT2D eigenvalue weighted by Crippen LogP contribution is -2.33. The molecule has 4 rings (SSSR count). The van der Waals surface area contributed by atoms with Crippen LogP contribution in [0.2, 0.25) is 5.02 Å². The molecule has 0 saturated carbocycles. The fraction of sp³-hybridized carbons (Fsp3) is 0.462. The van der Waals surface area contributed by atoms with E-state index < -0.39 is 17.4 Å². The van der Waals surface area contributed by atoms with Gasteiger partial charge in [0, 0.05) is 28.5 Å². The van der Waals surface area contributed by atoms with Crippen molar-refractivity contribution in [2.75, 3.05) is 23.1 Å². The number of phenolic OH excluding ortho intramolecular Hbond substituents is 1. The standard InChI is InChI=1S/C39H50ClN3O6/c1-11-28(49-29-17-15-23(37(4,5)12-2)19-24(29)38(6,7)13-3)36(47)41-26-18-22(14-16-30(26)48-10)35(46)42-27-20-25(40)33-32(34(27)45)39(8,9)21-31(44)43-33/h14-20,28,45H,11-13,21H2,1-10H3,(H,41,47)(H,42,46)(H,43,44). The molecule has 1 atom stereocenters. The normalized spacial score (nSPS) is 14.7. The Morgan fingerprint density at radius 1 is 0.959 bits per heavy atom. The molecule has 3 aromatic rings. The summed E-state index contributed by atoms with van der Waals surface area (Å²) in [5, 5.41) is 19.7. The molecule has 0 aliphatic carbocycles. The van der Waals surface area contributed by atoms with Gasteiger partial charge in [0.2, 0.25) is 5.91 Å². The minimum absolute atomic E-state index is 0.00829. The maximum Gasteiger partial charge on any atom is 0.265 e. The molecule has 3 aromatic carbocycles. The van der Waals surface area contributed by atoms with Crippen molar-refractivity contribution in [2.45, 2.75) is 110 Å². The number of hydrogen-bond donors (Lipinski definition) is 4. The molecular formula is C39H50ClN3O6. The summed E-state index contributed by atoms with van der Waals surface area (Å²) >= 11 is 6.49. The molecule has 0 radical (unpaired) electrons. The second-order valence-corrected chi connectivity index (χ2v) is 15.1. The van der Waals surface area contributed by atoms with Gasteiger partial charge >= 0.3 is 0 Å². The molecule has 0 fully saturated rings. The van der Waals surface area contributed by atoms with Crippen LogP contribution in [0.15, 0.2) is 42.5 Å². The minimum atomic E-state index is -0.822. The molecule has 1 heterocycles. The Bertz CT molecular complexity index is 1760. The minimum Gasteiger partial charge on any atom is -0.505 e. The van der Waals surface area contributed by atoms with E-state index in [9.17, 15) is 19.5 Å². The van der Waals surface area contributed by atoms with Crippen LogP contribution < -0.4 is 25.4 Å². The number of hydrogen-bond acceptors (Lipinski definition) is 6. The molecule has 0 spiro atoms. The zero-order chi connectivity index (χ0) is 36.5. The smallest absolute Gasteiger partial charge is 0.265 e. The van der Waals surface area contributed by atoms with Gasteiger partial charge in [0.15, 0.2) is 6.10 Å². The fourth-order valence-corrected chi connectivity index (χ4v) is 6.25. The summed E-state index contributed by atoms with van der Waals surface area (Å²) < 4.78 is 12.0. The number of nitrogens with one attached hydrogen (secondary N) is 3. The van der Waals surface area contributed by atoms with Crippen LogP contribution >= 0.6 is 11.6 Å². The molecule has 264 valence electrons. The van der Waals surface area contributed by atoms with Crippen LogP contribution in [-0.4, -0.2) is 36.0 Å². The molecule has 9 nitrogen and oxygen atoms in total. The second-order valence-electron chi connectivity index (χ2n) is 14.7. The van der Waals surface area contributed by atoms with Crippen molar-refractivity contribution in [1.29, 1.82) is 0 Å². The Morgan fingerprint density at radius 2 is 1.61 bits per heavy atom. The number of ether oxygens (including phenoxy) is 2. The lowest BCUT2D eigenvalue weighted by Gasteiger charge is -2.34. The van der Waals surface area contributed by atoms with Crippen molar-refractivity contribution in [3.05, 3.63) is 69.7 Å². The van der Waals surface area contributed by atoms with Crippen molar-refractivity contribution in [3.63, 3.8) is 0 Å². The summed E-state index contributed by atoms with van der Waals surface area (Å²) in [6, 6.07) is 12.3. The maximum absolute atomic E-state index is 13.7. The SMILES string of the molecule is CCC(Oc1ccc(C(C)(C)CC)cc1C(C)(C)CC)C(=O)Nc1cc(C(=O)Nc2cc(Cl)c3c(c2O)C(C)(C)CC(=O)N3)ccc1OC. The number of aromatic hydroxyl groups is 1. The quantitative estimate of drug-likeness (QED) is 0.140. The molecule has 1 aliphatic heterocycles. The summed E-state index contributed by atoms with van der Waals surface area (Å²) in [5.41, 5.74) is 2.70. The Hall–Kier alpha value is -4.24. The van der Waals surface area contributed by atoms with E-state index in [0.717, 1.165) is 18.4 Å². The lowest BCUT2D eigenvalue weighted by molar-refractivity contribution is -0.123. The average molecular weight is 692 g/mol. The van der Waals surface area contributed by atoms with Gasteiger partial charge in [-0.05, 0) is 66.0 Å². The number of anilines is 3. The number of methoxy groups -OCH3 is 1. The van der Waals surface area contributed by atoms with Crippen molar-refractivity contribution in [2.24, 2.45) is 0 Å². The predicted molar refractivity (Wildman–Crippen MR) is 197 cm³/mol. The number of halogens is 1. The van der Waals surface area contributed by atoms with Gasteiger partial charge in [-0.25, -0.2) is 0 Å². The summed E-state index contributed by atoms with van der Waals surface area (Å²) in [6.45, 7) is 18.7. The molecule has 0 bridgehead atoms. The summed E-state index contributed by atoms with van der Waals surface area (Å²) in [4.78, 5) is 39.4. The van der Waals surface area contributed by atoms with E-state index in [4.69, 9.17) is 21.1 Å². The molecule has 49 heavy (non-hydrogen) atoms. The van der Waals surface area contributed by atoms with Gasteiger partial charge in [-0.2, -0.15) is 0 Å². The molecule has 1 aliphatic rings. The van der Waals surface area contributed by atoms with Crippen LogP contribution in [0.3, 0.4) is 0 Å². The van der Waals surface area contributed by atoms with Crippen molar-refractivity contribution >= 4 is 46.4 Å². The summed E-state index contributed by atoms with van der Waals surface area (Å²) in [5.74, 6) is -0.309. The molecular weight excluding hydrogens is 642 g/mol. The molecule has 4 N–H and O–H groups in total. The van der Waals surface area contributed by atoms with Crippen LogP contribution in [0.4, 0.5) is 17.1 Å². The van der Waals surface area contributed by atoms with E-state index in [1.807, 2.05) is 26.8 Å². The first-order chi connectivity index (χ1) is 22.9. The van der Waals surface area contributed by atoms with Gasteiger partial charge in [-0.3, -0.25) is 14.4 Å². The number of carbonyl (C=O) groups is 3. The number of carbonyl (C=O) groups excluding carboxylic acids is 3. The third-order valence-electron chi connectivity index (χ3n) is 9.95. The average Bonchev–Trinajstić information content (AvgIpc) is 3.04. The van der Waals surface area contributed by atoms with Gasteiger partial charge in [0.25, 0.3) is 11.8 Å². The Balaban J connectivity index is 1.60. The highest BCUT2D eigenvalue weighted by molar-refractivity contribution is 6.35. The molecule has 3 amide bonds. The number of rotatable bonds is 12. The van der Waals surface area contributed by atoms with Crippen LogP contribution in [0.5, 0.6) is 17.2 Å². The van der Waals surface area contributed by atoms with Crippen LogP contribution in [0, 0.1) is 0 Å². The van der Waals surface area contributed by atoms with Crippen molar-refractivity contribution < 1.29 is 29.0 Å². The van der Waals surface area contributed by atoms with Gasteiger partial charge in [-0.15, -0.1) is 0 Å². The van der Waals surface area contributed by atoms with Gasteiger partial charge < -0.3 is 30.5 Å². The zero-order valence-corrected chi connectivity index (χ0v) is 31.1. The molecule has 1 unspecified atom stereocenters. The Labute approximate surface area is 295 Å². The summed E-state index contributed by atoms with van der Waals surface area (Å²) in [6.07, 6.45) is 1.59. The third-order valence-corrected chi connectivity index (χ3v) is 10.3. The first kappa shape index (κ1) is 37.6. The highest BCUT2D eigenvalue weighted by Gasteiger charge is 2.37. The lowest BCUT2D eigenvalue weighted by atomic mass is 9.76. The Morgan fingerprint density at radius 3 is 2.22 bits per heavy atom. The van der Waals surface area contributed by atoms with E-state index in [1.54, 1.807) is 12.1 Å². The number of fused-ring (bicyclic) bond motifs is 1. The second kappa shape index (κ2) is 14.3. The van der Waals surface area contributed by atoms with E-state index >= 15 is 0 Å². The third kappa shape index (κ3) is 7.82. The molecule has 10 heteroatoms. The molecule has 0 aromatic heterocycles. The van der Waals surface area contributed by atoms with E-state index in [1.165, 1.54) is 24.8 Å². The van der Waals surface area contributed by atoms with Crippen LogP contribution in [0.25, 0.3) is 0 Å². The van der Waals surface area contributed by atoms with Gasteiger partial charge in [0.1, 0.15) is 17.2 Å². The Kier molecular flexibility index (Phi) is 11.0. The van der Waals surface area contributed by atoms with Crippen molar-refractivity contribution in [1.82, 2.24) is 0 Å². The first-order valence-corrected chi connectivity index (χ1v) is 17.2. The summed E-state index contributed by atoms with van der Waals surface area (Å²) in [7, 11) is 1.48. The highest BCUT2D eigenvalue weighted by atomic mass is 35.5. The van der Waals surface area contributed by atoms with E-state index in [0.29, 0.717) is 29.2 Å². The van der Waals surface area contributed by atoms with Gasteiger partial charge in [-0.1, -0.05) is 86.0 Å². The number of benzene rings is 3. The highest BCUT2D eigenvalue weighted by Crippen LogP contribution is 2.49. The first-order valence-electron chi connectivity index (χ1n) is 16.9.